The number of urea groups is 1. The number of halogens is 2. The first-order valence-electron chi connectivity index (χ1n) is 6.12. The third kappa shape index (κ3) is 3.60. The topological polar surface area (TPSA) is 78.4 Å². The molecule has 0 fully saturated rings. The van der Waals surface area contributed by atoms with Crippen LogP contribution in [0.1, 0.15) is 26.7 Å². The first-order valence-corrected chi connectivity index (χ1v) is 6.50. The molecule has 0 unspecified atom stereocenters. The van der Waals surface area contributed by atoms with Crippen molar-refractivity contribution in [3.63, 3.8) is 0 Å². The normalized spacial score (nSPS) is 11.0. The summed E-state index contributed by atoms with van der Waals surface area (Å²) in [6.07, 6.45) is 0.475. The number of carbonyl (C=O) groups is 2. The second kappa shape index (κ2) is 6.56. The number of carbonyl (C=O) groups excluding carboxylic acids is 1. The van der Waals surface area contributed by atoms with Crippen molar-refractivity contribution in [3.8, 4) is 0 Å². The molecule has 5 nitrogen and oxygen atoms in total. The summed E-state index contributed by atoms with van der Waals surface area (Å²) in [5.41, 5.74) is -1.15. The molecule has 0 saturated heterocycles. The molecule has 7 heteroatoms. The SMILES string of the molecule is CCC(CC)(NC(=O)Nc1ccc(Cl)c(F)c1)C(=O)O. The number of hydrogen-bond acceptors (Lipinski definition) is 2. The Bertz CT molecular complexity index is 518. The van der Waals surface area contributed by atoms with Crippen LogP contribution in [-0.4, -0.2) is 22.6 Å². The molecule has 0 aliphatic carbocycles. The van der Waals surface area contributed by atoms with E-state index in [0.29, 0.717) is 0 Å². The summed E-state index contributed by atoms with van der Waals surface area (Å²) < 4.78 is 13.2. The van der Waals surface area contributed by atoms with Gasteiger partial charge in [-0.25, -0.2) is 14.0 Å². The molecule has 0 radical (unpaired) electrons. The highest BCUT2D eigenvalue weighted by molar-refractivity contribution is 6.30. The van der Waals surface area contributed by atoms with Gasteiger partial charge in [-0.1, -0.05) is 25.4 Å². The Labute approximate surface area is 121 Å². The number of rotatable bonds is 5. The average molecular weight is 303 g/mol. The summed E-state index contributed by atoms with van der Waals surface area (Å²) in [7, 11) is 0. The molecule has 1 aromatic carbocycles. The van der Waals surface area contributed by atoms with Crippen LogP contribution in [-0.2, 0) is 4.79 Å². The fraction of sp³-hybridized carbons (Fsp3) is 0.385. The van der Waals surface area contributed by atoms with E-state index in [-0.39, 0.29) is 23.6 Å². The van der Waals surface area contributed by atoms with Crippen molar-refractivity contribution >= 4 is 29.3 Å². The van der Waals surface area contributed by atoms with Gasteiger partial charge >= 0.3 is 12.0 Å². The fourth-order valence-corrected chi connectivity index (χ4v) is 1.85. The van der Waals surface area contributed by atoms with Gasteiger partial charge in [-0.05, 0) is 31.0 Å². The minimum atomic E-state index is -1.34. The largest absolute Gasteiger partial charge is 0.480 e. The summed E-state index contributed by atoms with van der Waals surface area (Å²) in [5.74, 6) is -1.78. The Morgan fingerprint density at radius 2 is 1.95 bits per heavy atom. The number of amides is 2. The van der Waals surface area contributed by atoms with Gasteiger partial charge < -0.3 is 15.7 Å². The number of hydrogen-bond donors (Lipinski definition) is 3. The number of anilines is 1. The summed E-state index contributed by atoms with van der Waals surface area (Å²) in [6, 6.07) is 3.07. The van der Waals surface area contributed by atoms with Crippen molar-refractivity contribution in [3.05, 3.63) is 29.0 Å². The van der Waals surface area contributed by atoms with Gasteiger partial charge in [0, 0.05) is 5.69 Å². The highest BCUT2D eigenvalue weighted by Gasteiger charge is 2.36. The summed E-state index contributed by atoms with van der Waals surface area (Å²) in [5, 5.41) is 13.9. The summed E-state index contributed by atoms with van der Waals surface area (Å²) >= 11 is 5.53. The first-order chi connectivity index (χ1) is 9.34. The minimum Gasteiger partial charge on any atom is -0.480 e. The predicted octanol–water partition coefficient (Wildman–Crippen LogP) is 3.24. The molecule has 0 bridgehead atoms. The van der Waals surface area contributed by atoms with Crippen LogP contribution in [0.5, 0.6) is 0 Å². The molecule has 1 aromatic rings. The van der Waals surface area contributed by atoms with Crippen molar-refractivity contribution in [1.29, 1.82) is 0 Å². The maximum Gasteiger partial charge on any atom is 0.329 e. The Kier molecular flexibility index (Phi) is 5.33. The van der Waals surface area contributed by atoms with Crippen LogP contribution in [0.2, 0.25) is 5.02 Å². The highest BCUT2D eigenvalue weighted by atomic mass is 35.5. The van der Waals surface area contributed by atoms with Crippen molar-refractivity contribution in [2.75, 3.05) is 5.32 Å². The molecule has 0 heterocycles. The average Bonchev–Trinajstić information content (AvgIpc) is 2.40. The Morgan fingerprint density at radius 3 is 2.40 bits per heavy atom. The number of nitrogens with one attached hydrogen (secondary N) is 2. The summed E-state index contributed by atoms with van der Waals surface area (Å²) in [4.78, 5) is 23.1. The molecule has 0 saturated carbocycles. The molecule has 0 spiro atoms. The zero-order chi connectivity index (χ0) is 15.3. The molecule has 110 valence electrons. The molecule has 0 atom stereocenters. The van der Waals surface area contributed by atoms with E-state index in [1.165, 1.54) is 12.1 Å². The lowest BCUT2D eigenvalue weighted by Crippen LogP contribution is -2.54. The van der Waals surface area contributed by atoms with E-state index in [4.69, 9.17) is 11.6 Å². The van der Waals surface area contributed by atoms with E-state index in [0.717, 1.165) is 6.07 Å². The van der Waals surface area contributed by atoms with Gasteiger partial charge in [0.15, 0.2) is 0 Å². The highest BCUT2D eigenvalue weighted by Crippen LogP contribution is 2.19. The molecule has 2 amide bonds. The minimum absolute atomic E-state index is 0.0574. The molecule has 0 aliphatic rings. The standard InChI is InChI=1S/C13H16ClFN2O3/c1-3-13(4-2,11(18)19)17-12(20)16-8-5-6-9(14)10(15)7-8/h5-7H,3-4H2,1-2H3,(H,18,19)(H2,16,17,20). The monoisotopic (exact) mass is 302 g/mol. The maximum atomic E-state index is 13.2. The van der Waals surface area contributed by atoms with Crippen LogP contribution in [0.4, 0.5) is 14.9 Å². The van der Waals surface area contributed by atoms with Crippen LogP contribution in [0.25, 0.3) is 0 Å². The number of aliphatic carboxylic acids is 1. The zero-order valence-corrected chi connectivity index (χ0v) is 11.9. The van der Waals surface area contributed by atoms with E-state index in [1.54, 1.807) is 13.8 Å². The van der Waals surface area contributed by atoms with E-state index < -0.39 is 23.4 Å². The second-order valence-electron chi connectivity index (χ2n) is 4.30. The van der Waals surface area contributed by atoms with E-state index in [9.17, 15) is 19.1 Å². The quantitative estimate of drug-likeness (QED) is 0.781. The zero-order valence-electron chi connectivity index (χ0n) is 11.2. The third-order valence-corrected chi connectivity index (χ3v) is 3.45. The Morgan fingerprint density at radius 1 is 1.35 bits per heavy atom. The molecule has 3 N–H and O–H groups in total. The Balaban J connectivity index is 2.80. The number of carboxylic acid groups (broad SMARTS) is 1. The molecule has 0 aromatic heterocycles. The van der Waals surface area contributed by atoms with Crippen LogP contribution in [0.3, 0.4) is 0 Å². The van der Waals surface area contributed by atoms with Gasteiger partial charge in [-0.2, -0.15) is 0 Å². The lowest BCUT2D eigenvalue weighted by Gasteiger charge is -2.28. The van der Waals surface area contributed by atoms with Crippen LogP contribution >= 0.6 is 11.6 Å². The molecule has 0 aliphatic heterocycles. The molecular formula is C13H16ClFN2O3. The van der Waals surface area contributed by atoms with Crippen LogP contribution in [0.15, 0.2) is 18.2 Å². The second-order valence-corrected chi connectivity index (χ2v) is 4.71. The number of benzene rings is 1. The van der Waals surface area contributed by atoms with Gasteiger partial charge in [0.1, 0.15) is 11.4 Å². The summed E-state index contributed by atoms with van der Waals surface area (Å²) in [6.45, 7) is 3.33. The third-order valence-electron chi connectivity index (χ3n) is 3.15. The predicted molar refractivity (Wildman–Crippen MR) is 74.5 cm³/mol. The van der Waals surface area contributed by atoms with Gasteiger partial charge in [0.25, 0.3) is 0 Å². The van der Waals surface area contributed by atoms with Crippen molar-refractivity contribution in [1.82, 2.24) is 5.32 Å². The first kappa shape index (κ1) is 16.2. The van der Waals surface area contributed by atoms with E-state index >= 15 is 0 Å². The van der Waals surface area contributed by atoms with Crippen LogP contribution in [0, 0.1) is 5.82 Å². The van der Waals surface area contributed by atoms with Gasteiger partial charge in [0.2, 0.25) is 0 Å². The number of carboxylic acids is 1. The van der Waals surface area contributed by atoms with Crippen molar-refractivity contribution < 1.29 is 19.1 Å². The Hall–Kier alpha value is -1.82. The lowest BCUT2D eigenvalue weighted by molar-refractivity contribution is -0.144. The smallest absolute Gasteiger partial charge is 0.329 e. The van der Waals surface area contributed by atoms with Gasteiger partial charge in [-0.15, -0.1) is 0 Å². The lowest BCUT2D eigenvalue weighted by atomic mass is 9.93. The van der Waals surface area contributed by atoms with Gasteiger partial charge in [-0.3, -0.25) is 0 Å². The van der Waals surface area contributed by atoms with E-state index in [1.807, 2.05) is 0 Å². The molecule has 20 heavy (non-hydrogen) atoms. The van der Waals surface area contributed by atoms with Crippen molar-refractivity contribution in [2.45, 2.75) is 32.2 Å². The molecular weight excluding hydrogens is 287 g/mol. The van der Waals surface area contributed by atoms with Gasteiger partial charge in [0.05, 0.1) is 5.02 Å². The maximum absolute atomic E-state index is 13.2. The van der Waals surface area contributed by atoms with E-state index in [2.05, 4.69) is 10.6 Å². The van der Waals surface area contributed by atoms with Crippen LogP contribution < -0.4 is 10.6 Å². The van der Waals surface area contributed by atoms with Crippen molar-refractivity contribution in [2.24, 2.45) is 0 Å². The fourth-order valence-electron chi connectivity index (χ4n) is 1.74. The molecule has 1 rings (SSSR count).